The van der Waals surface area contributed by atoms with Gasteiger partial charge in [0.25, 0.3) is 11.8 Å². The average Bonchev–Trinajstić information content (AvgIpc) is 2.62. The largest absolute Gasteiger partial charge is 0.273 e. The van der Waals surface area contributed by atoms with E-state index in [1.807, 2.05) is 32.0 Å². The minimum absolute atomic E-state index is 0.283. The van der Waals surface area contributed by atoms with E-state index >= 15 is 0 Å². The molecule has 1 aromatic carbocycles. The number of imide groups is 1. The van der Waals surface area contributed by atoms with Crippen LogP contribution < -0.4 is 4.90 Å². The highest BCUT2D eigenvalue weighted by Crippen LogP contribution is 2.37. The van der Waals surface area contributed by atoms with E-state index in [0.717, 1.165) is 29.7 Å². The maximum absolute atomic E-state index is 12.2. The number of hydrogen-bond donors (Lipinski definition) is 0. The van der Waals surface area contributed by atoms with Crippen molar-refractivity contribution in [1.82, 2.24) is 0 Å². The second-order valence-corrected chi connectivity index (χ2v) is 5.79. The molecule has 19 heavy (non-hydrogen) atoms. The Labute approximate surface area is 128 Å². The van der Waals surface area contributed by atoms with Crippen LogP contribution in [0.25, 0.3) is 0 Å². The summed E-state index contributed by atoms with van der Waals surface area (Å²) in [7, 11) is 0. The van der Waals surface area contributed by atoms with Gasteiger partial charge < -0.3 is 0 Å². The number of nitrogens with zero attached hydrogens (tertiary/aromatic N) is 1. The number of anilines is 1. The van der Waals surface area contributed by atoms with Crippen LogP contribution in [-0.4, -0.2) is 11.8 Å². The van der Waals surface area contributed by atoms with E-state index in [0.29, 0.717) is 0 Å². The number of hydrogen-bond acceptors (Lipinski definition) is 2. The summed E-state index contributed by atoms with van der Waals surface area (Å²) in [5.74, 6) is -0.625. The predicted octanol–water partition coefficient (Wildman–Crippen LogP) is 3.69. The highest BCUT2D eigenvalue weighted by molar-refractivity contribution is 9.14. The van der Waals surface area contributed by atoms with E-state index < -0.39 is 0 Å². The number of halogens is 2. The van der Waals surface area contributed by atoms with E-state index in [-0.39, 0.29) is 20.8 Å². The van der Waals surface area contributed by atoms with Crippen molar-refractivity contribution in [3.8, 4) is 0 Å². The van der Waals surface area contributed by atoms with Crippen molar-refractivity contribution in [3.05, 3.63) is 38.3 Å². The van der Waals surface area contributed by atoms with Crippen LogP contribution in [0.2, 0.25) is 0 Å². The van der Waals surface area contributed by atoms with Crippen molar-refractivity contribution in [1.29, 1.82) is 0 Å². The molecule has 0 spiro atoms. The SMILES string of the molecule is CCc1cccc(CC)c1N1C(=O)C(Br)=C(Br)C1=O. The number of carbonyl (C=O) groups excluding carboxylic acids is 2. The normalized spacial score (nSPS) is 15.7. The van der Waals surface area contributed by atoms with Gasteiger partial charge in [-0.2, -0.15) is 0 Å². The molecule has 0 radical (unpaired) electrons. The van der Waals surface area contributed by atoms with Crippen LogP contribution in [0.4, 0.5) is 5.69 Å². The van der Waals surface area contributed by atoms with Crippen LogP contribution in [0.5, 0.6) is 0 Å². The highest BCUT2D eigenvalue weighted by Gasteiger charge is 2.38. The van der Waals surface area contributed by atoms with Crippen molar-refractivity contribution in [3.63, 3.8) is 0 Å². The number of rotatable bonds is 3. The third kappa shape index (κ3) is 2.30. The molecule has 1 aliphatic heterocycles. The summed E-state index contributed by atoms with van der Waals surface area (Å²) in [4.78, 5) is 25.7. The van der Waals surface area contributed by atoms with Crippen LogP contribution in [0, 0.1) is 0 Å². The van der Waals surface area contributed by atoms with E-state index in [9.17, 15) is 9.59 Å². The molecule has 0 N–H and O–H groups in total. The summed E-state index contributed by atoms with van der Waals surface area (Å²) in [5.41, 5.74) is 2.74. The summed E-state index contributed by atoms with van der Waals surface area (Å²) in [5, 5.41) is 0. The Bertz CT molecular complexity index is 547. The third-order valence-electron chi connectivity index (χ3n) is 3.16. The van der Waals surface area contributed by atoms with Gasteiger partial charge in [0.2, 0.25) is 0 Å². The minimum atomic E-state index is -0.313. The highest BCUT2D eigenvalue weighted by atomic mass is 79.9. The number of para-hydroxylation sites is 1. The average molecular weight is 387 g/mol. The Morgan fingerprint density at radius 2 is 1.37 bits per heavy atom. The fourth-order valence-electron chi connectivity index (χ4n) is 2.18. The van der Waals surface area contributed by atoms with Gasteiger partial charge in [-0.3, -0.25) is 9.59 Å². The van der Waals surface area contributed by atoms with Crippen molar-refractivity contribution >= 4 is 49.4 Å². The molecule has 0 fully saturated rings. The molecule has 0 aliphatic carbocycles. The van der Waals surface area contributed by atoms with Gasteiger partial charge in [-0.15, -0.1) is 0 Å². The van der Waals surface area contributed by atoms with Gasteiger partial charge in [-0.25, -0.2) is 4.90 Å². The fraction of sp³-hybridized carbons (Fsp3) is 0.286. The van der Waals surface area contributed by atoms with Crippen LogP contribution in [0.15, 0.2) is 27.2 Å². The van der Waals surface area contributed by atoms with Gasteiger partial charge in [-0.1, -0.05) is 32.0 Å². The van der Waals surface area contributed by atoms with Gasteiger partial charge in [-0.05, 0) is 55.8 Å². The molecule has 0 aromatic heterocycles. The Kier molecular flexibility index (Phi) is 4.26. The molecule has 0 bridgehead atoms. The molecule has 1 aliphatic rings. The first-order valence-electron chi connectivity index (χ1n) is 6.07. The minimum Gasteiger partial charge on any atom is -0.268 e. The van der Waals surface area contributed by atoms with E-state index in [1.165, 1.54) is 4.90 Å². The molecule has 2 amide bonds. The lowest BCUT2D eigenvalue weighted by Crippen LogP contribution is -2.32. The lowest BCUT2D eigenvalue weighted by molar-refractivity contribution is -0.120. The van der Waals surface area contributed by atoms with E-state index in [2.05, 4.69) is 31.9 Å². The molecule has 1 aromatic rings. The second-order valence-electron chi connectivity index (χ2n) is 4.21. The lowest BCUT2D eigenvalue weighted by Gasteiger charge is -2.21. The maximum atomic E-state index is 12.2. The van der Waals surface area contributed by atoms with Gasteiger partial charge in [0.15, 0.2) is 0 Å². The zero-order valence-electron chi connectivity index (χ0n) is 10.7. The van der Waals surface area contributed by atoms with Gasteiger partial charge >= 0.3 is 0 Å². The molecule has 100 valence electrons. The molecular formula is C14H13Br2NO2. The molecule has 0 unspecified atom stereocenters. The Morgan fingerprint density at radius 1 is 0.947 bits per heavy atom. The fourth-order valence-corrected chi connectivity index (χ4v) is 2.88. The van der Waals surface area contributed by atoms with Crippen molar-refractivity contribution in [2.75, 3.05) is 4.90 Å². The first-order valence-corrected chi connectivity index (χ1v) is 7.66. The lowest BCUT2D eigenvalue weighted by atomic mass is 10.0. The van der Waals surface area contributed by atoms with Crippen molar-refractivity contribution in [2.24, 2.45) is 0 Å². The topological polar surface area (TPSA) is 37.4 Å². The zero-order valence-corrected chi connectivity index (χ0v) is 13.8. The first-order chi connectivity index (χ1) is 9.02. The molecule has 5 heteroatoms. The van der Waals surface area contributed by atoms with Crippen LogP contribution in [-0.2, 0) is 22.4 Å². The Hall–Kier alpha value is -0.940. The van der Waals surface area contributed by atoms with Gasteiger partial charge in [0.05, 0.1) is 5.69 Å². The number of carbonyl (C=O) groups is 2. The predicted molar refractivity (Wildman–Crippen MR) is 82.6 cm³/mol. The number of aryl methyl sites for hydroxylation is 2. The maximum Gasteiger partial charge on any atom is 0.273 e. The van der Waals surface area contributed by atoms with Gasteiger partial charge in [0.1, 0.15) is 8.96 Å². The molecule has 2 rings (SSSR count). The number of benzene rings is 1. The smallest absolute Gasteiger partial charge is 0.268 e. The quantitative estimate of drug-likeness (QED) is 0.743. The molecule has 3 nitrogen and oxygen atoms in total. The second kappa shape index (κ2) is 5.59. The van der Waals surface area contributed by atoms with Crippen molar-refractivity contribution in [2.45, 2.75) is 26.7 Å². The zero-order chi connectivity index (χ0) is 14.2. The van der Waals surface area contributed by atoms with Crippen molar-refractivity contribution < 1.29 is 9.59 Å². The van der Waals surface area contributed by atoms with Gasteiger partial charge in [0, 0.05) is 0 Å². The monoisotopic (exact) mass is 385 g/mol. The summed E-state index contributed by atoms with van der Waals surface area (Å²) in [6.07, 6.45) is 1.55. The molecule has 0 saturated heterocycles. The molecular weight excluding hydrogens is 374 g/mol. The first kappa shape index (κ1) is 14.5. The Morgan fingerprint density at radius 3 is 1.74 bits per heavy atom. The molecule has 0 atom stereocenters. The Balaban J connectivity index is 2.61. The molecule has 1 heterocycles. The summed E-state index contributed by atoms with van der Waals surface area (Å²) < 4.78 is 0.566. The third-order valence-corrected chi connectivity index (χ3v) is 5.17. The van der Waals surface area contributed by atoms with Crippen LogP contribution in [0.1, 0.15) is 25.0 Å². The van der Waals surface area contributed by atoms with E-state index in [1.54, 1.807) is 0 Å². The summed E-state index contributed by atoms with van der Waals surface area (Å²) >= 11 is 6.32. The standard InChI is InChI=1S/C14H13Br2NO2/c1-3-8-6-5-7-9(4-2)12(8)17-13(18)10(15)11(16)14(17)19/h5-7H,3-4H2,1-2H3. The number of amides is 2. The summed E-state index contributed by atoms with van der Waals surface area (Å²) in [6, 6.07) is 5.87. The molecule has 0 saturated carbocycles. The van der Waals surface area contributed by atoms with Crippen LogP contribution >= 0.6 is 31.9 Å². The summed E-state index contributed by atoms with van der Waals surface area (Å²) in [6.45, 7) is 4.03. The van der Waals surface area contributed by atoms with Crippen LogP contribution in [0.3, 0.4) is 0 Å². The van der Waals surface area contributed by atoms with E-state index in [4.69, 9.17) is 0 Å².